The van der Waals surface area contributed by atoms with Gasteiger partial charge >= 0.3 is 0 Å². The van der Waals surface area contributed by atoms with Gasteiger partial charge in [0, 0.05) is 14.1 Å². The second-order valence-corrected chi connectivity index (χ2v) is 6.87. The molecule has 0 radical (unpaired) electrons. The van der Waals surface area contributed by atoms with Gasteiger partial charge in [-0.15, -0.1) is 0 Å². The molecule has 0 saturated heterocycles. The molecule has 1 unspecified atom stereocenters. The number of methoxy groups -OCH3 is 1. The van der Waals surface area contributed by atoms with Gasteiger partial charge in [0.15, 0.2) is 11.5 Å². The summed E-state index contributed by atoms with van der Waals surface area (Å²) in [6, 6.07) is 13.0. The van der Waals surface area contributed by atoms with E-state index in [1.807, 2.05) is 48.2 Å². The first-order valence-electron chi connectivity index (χ1n) is 9.66. The van der Waals surface area contributed by atoms with E-state index in [2.05, 4.69) is 5.32 Å². The Kier molecular flexibility index (Phi) is 6.26. The molecule has 0 aliphatic carbocycles. The van der Waals surface area contributed by atoms with Crippen molar-refractivity contribution in [1.29, 1.82) is 0 Å². The smallest absolute Gasteiger partial charge is 0.257 e. The summed E-state index contributed by atoms with van der Waals surface area (Å²) < 4.78 is 11.3. The summed E-state index contributed by atoms with van der Waals surface area (Å²) in [4.78, 5) is 28.8. The van der Waals surface area contributed by atoms with Crippen LogP contribution in [0.3, 0.4) is 0 Å². The number of para-hydroxylation sites is 1. The van der Waals surface area contributed by atoms with E-state index in [4.69, 9.17) is 9.47 Å². The number of fused-ring (bicyclic) bond motifs is 1. The third-order valence-corrected chi connectivity index (χ3v) is 4.97. The lowest BCUT2D eigenvalue weighted by atomic mass is 10.0. The van der Waals surface area contributed by atoms with Crippen molar-refractivity contribution in [3.63, 3.8) is 0 Å². The number of rotatable bonds is 7. The molecule has 7 heteroatoms. The number of hydrogen-bond donors (Lipinski definition) is 1. The maximum absolute atomic E-state index is 13.0. The standard InChI is InChI=1S/C22H27N3O4/c1-5-12-29-18-11-10-15(13-19(18)28-4)21-24(3)22(27)16-8-6-7-9-17(16)25(21)14-20(26)23-2/h6-11,13,21H,5,12,14H2,1-4H3,(H,23,26). The van der Waals surface area contributed by atoms with Crippen molar-refractivity contribution in [3.05, 3.63) is 53.6 Å². The molecule has 0 saturated carbocycles. The van der Waals surface area contributed by atoms with Gasteiger partial charge in [0.05, 0.1) is 31.5 Å². The zero-order chi connectivity index (χ0) is 21.0. The molecular weight excluding hydrogens is 370 g/mol. The second kappa shape index (κ2) is 8.86. The molecule has 0 fully saturated rings. The van der Waals surface area contributed by atoms with Crippen molar-refractivity contribution in [2.24, 2.45) is 0 Å². The van der Waals surface area contributed by atoms with Crippen molar-refractivity contribution in [2.75, 3.05) is 39.3 Å². The maximum Gasteiger partial charge on any atom is 0.257 e. The highest BCUT2D eigenvalue weighted by atomic mass is 16.5. The van der Waals surface area contributed by atoms with Crippen LogP contribution in [0.15, 0.2) is 42.5 Å². The maximum atomic E-state index is 13.0. The lowest BCUT2D eigenvalue weighted by Gasteiger charge is -2.44. The summed E-state index contributed by atoms with van der Waals surface area (Å²) in [5, 5.41) is 2.67. The van der Waals surface area contributed by atoms with Crippen LogP contribution < -0.4 is 19.7 Å². The van der Waals surface area contributed by atoms with Crippen molar-refractivity contribution >= 4 is 17.5 Å². The number of hydrogen-bond acceptors (Lipinski definition) is 5. The Labute approximate surface area is 171 Å². The van der Waals surface area contributed by atoms with Crippen LogP contribution in [0.1, 0.15) is 35.4 Å². The molecule has 2 aromatic carbocycles. The summed E-state index contributed by atoms with van der Waals surface area (Å²) >= 11 is 0. The minimum atomic E-state index is -0.455. The summed E-state index contributed by atoms with van der Waals surface area (Å²) in [6.45, 7) is 2.75. The first-order chi connectivity index (χ1) is 14.0. The highest BCUT2D eigenvalue weighted by Gasteiger charge is 2.37. The molecule has 1 N–H and O–H groups in total. The van der Waals surface area contributed by atoms with Gasteiger partial charge in [0.25, 0.3) is 5.91 Å². The zero-order valence-corrected chi connectivity index (χ0v) is 17.3. The molecule has 0 aromatic heterocycles. The van der Waals surface area contributed by atoms with Crippen LogP contribution in [-0.2, 0) is 4.79 Å². The molecule has 1 aliphatic rings. The van der Waals surface area contributed by atoms with Crippen LogP contribution in [0, 0.1) is 0 Å². The Morgan fingerprint density at radius 3 is 2.62 bits per heavy atom. The third-order valence-electron chi connectivity index (χ3n) is 4.97. The lowest BCUT2D eigenvalue weighted by Crippen LogP contribution is -2.50. The fourth-order valence-corrected chi connectivity index (χ4v) is 3.53. The summed E-state index contributed by atoms with van der Waals surface area (Å²) in [6.07, 6.45) is 0.436. The molecule has 2 aromatic rings. The lowest BCUT2D eigenvalue weighted by molar-refractivity contribution is -0.119. The summed E-state index contributed by atoms with van der Waals surface area (Å²) in [5.74, 6) is 1.02. The Balaban J connectivity index is 2.07. The van der Waals surface area contributed by atoms with Crippen molar-refractivity contribution in [2.45, 2.75) is 19.5 Å². The van der Waals surface area contributed by atoms with Gasteiger partial charge in [-0.2, -0.15) is 0 Å². The fourth-order valence-electron chi connectivity index (χ4n) is 3.53. The monoisotopic (exact) mass is 397 g/mol. The van der Waals surface area contributed by atoms with Crippen LogP contribution in [0.25, 0.3) is 0 Å². The predicted molar refractivity (Wildman–Crippen MR) is 111 cm³/mol. The van der Waals surface area contributed by atoms with E-state index in [1.165, 1.54) is 0 Å². The van der Waals surface area contributed by atoms with Crippen molar-refractivity contribution in [3.8, 4) is 11.5 Å². The largest absolute Gasteiger partial charge is 0.493 e. The Bertz CT molecular complexity index is 899. The molecular formula is C22H27N3O4. The van der Waals surface area contributed by atoms with E-state index in [9.17, 15) is 9.59 Å². The summed E-state index contributed by atoms with van der Waals surface area (Å²) in [7, 11) is 4.93. The van der Waals surface area contributed by atoms with E-state index in [1.54, 1.807) is 32.2 Å². The quantitative estimate of drug-likeness (QED) is 0.778. The van der Waals surface area contributed by atoms with E-state index >= 15 is 0 Å². The van der Waals surface area contributed by atoms with Crippen molar-refractivity contribution < 1.29 is 19.1 Å². The molecule has 7 nitrogen and oxygen atoms in total. The predicted octanol–water partition coefficient (Wildman–Crippen LogP) is 2.82. The highest BCUT2D eigenvalue weighted by molar-refractivity contribution is 6.02. The fraction of sp³-hybridized carbons (Fsp3) is 0.364. The van der Waals surface area contributed by atoms with Crippen LogP contribution in [-0.4, -0.2) is 51.1 Å². The molecule has 154 valence electrons. The number of nitrogens with zero attached hydrogens (tertiary/aromatic N) is 2. The normalized spacial score (nSPS) is 15.7. The van der Waals surface area contributed by atoms with Gasteiger partial charge in [-0.05, 0) is 36.2 Å². The number of likely N-dealkylation sites (N-methyl/N-ethyl adjacent to an activating group) is 1. The highest BCUT2D eigenvalue weighted by Crippen LogP contribution is 2.40. The van der Waals surface area contributed by atoms with E-state index in [0.717, 1.165) is 17.7 Å². The number of ether oxygens (including phenoxy) is 2. The number of carbonyl (C=O) groups is 2. The van der Waals surface area contributed by atoms with Gasteiger partial charge < -0.3 is 24.6 Å². The Morgan fingerprint density at radius 1 is 1.17 bits per heavy atom. The number of carbonyl (C=O) groups excluding carboxylic acids is 2. The molecule has 1 aliphatic heterocycles. The van der Waals surface area contributed by atoms with E-state index in [0.29, 0.717) is 23.7 Å². The molecule has 2 amide bonds. The first-order valence-corrected chi connectivity index (χ1v) is 9.66. The van der Waals surface area contributed by atoms with E-state index < -0.39 is 6.17 Å². The molecule has 0 bridgehead atoms. The van der Waals surface area contributed by atoms with Gasteiger partial charge in [0.2, 0.25) is 5.91 Å². The minimum absolute atomic E-state index is 0.0935. The molecule has 1 atom stereocenters. The average Bonchev–Trinajstić information content (AvgIpc) is 2.75. The molecule has 3 rings (SSSR count). The van der Waals surface area contributed by atoms with Gasteiger partial charge in [-0.1, -0.05) is 25.1 Å². The average molecular weight is 397 g/mol. The Morgan fingerprint density at radius 2 is 1.93 bits per heavy atom. The first kappa shape index (κ1) is 20.5. The summed E-state index contributed by atoms with van der Waals surface area (Å²) in [5.41, 5.74) is 2.14. The van der Waals surface area contributed by atoms with Crippen LogP contribution >= 0.6 is 0 Å². The van der Waals surface area contributed by atoms with Crippen molar-refractivity contribution in [1.82, 2.24) is 10.2 Å². The van der Waals surface area contributed by atoms with Gasteiger partial charge in [0.1, 0.15) is 6.17 Å². The zero-order valence-electron chi connectivity index (χ0n) is 17.3. The van der Waals surface area contributed by atoms with E-state index in [-0.39, 0.29) is 18.4 Å². The number of benzene rings is 2. The topological polar surface area (TPSA) is 71.1 Å². The van der Waals surface area contributed by atoms with Gasteiger partial charge in [-0.25, -0.2) is 0 Å². The Hall–Kier alpha value is -3.22. The number of amides is 2. The molecule has 0 spiro atoms. The minimum Gasteiger partial charge on any atom is -0.493 e. The molecule has 29 heavy (non-hydrogen) atoms. The molecule has 1 heterocycles. The van der Waals surface area contributed by atoms with Crippen LogP contribution in [0.2, 0.25) is 0 Å². The van der Waals surface area contributed by atoms with Gasteiger partial charge in [-0.3, -0.25) is 9.59 Å². The number of anilines is 1. The third kappa shape index (κ3) is 3.99. The van der Waals surface area contributed by atoms with Crippen LogP contribution in [0.4, 0.5) is 5.69 Å². The van der Waals surface area contributed by atoms with Crippen LogP contribution in [0.5, 0.6) is 11.5 Å². The number of nitrogens with one attached hydrogen (secondary N) is 1. The second-order valence-electron chi connectivity index (χ2n) is 6.87. The SMILES string of the molecule is CCCOc1ccc(C2N(C)C(=O)c3ccccc3N2CC(=O)NC)cc1OC.